The van der Waals surface area contributed by atoms with E-state index in [1.165, 1.54) is 12.8 Å². The Kier molecular flexibility index (Phi) is 5.07. The molecule has 0 aromatic carbocycles. The van der Waals surface area contributed by atoms with Crippen LogP contribution in [0.5, 0.6) is 0 Å². The molecular formula is C10H20ClNO. The van der Waals surface area contributed by atoms with Crippen LogP contribution in [0.4, 0.5) is 0 Å². The number of rotatable bonds is 5. The van der Waals surface area contributed by atoms with E-state index in [4.69, 9.17) is 16.3 Å². The van der Waals surface area contributed by atoms with E-state index in [0.29, 0.717) is 12.0 Å². The standard InChI is InChI=1S/C10H20ClNO/c1-9(6-11)7-12(2)8-10-4-3-5-13-10/h9-10H,3-8H2,1-2H3. The van der Waals surface area contributed by atoms with E-state index in [2.05, 4.69) is 18.9 Å². The molecule has 0 amide bonds. The second-order valence-electron chi connectivity index (χ2n) is 4.12. The minimum absolute atomic E-state index is 0.465. The van der Waals surface area contributed by atoms with Crippen molar-refractivity contribution < 1.29 is 4.74 Å². The van der Waals surface area contributed by atoms with Gasteiger partial charge in [-0.15, -0.1) is 11.6 Å². The van der Waals surface area contributed by atoms with E-state index < -0.39 is 0 Å². The predicted octanol–water partition coefficient (Wildman–Crippen LogP) is 1.97. The van der Waals surface area contributed by atoms with Crippen LogP contribution < -0.4 is 0 Å². The fourth-order valence-corrected chi connectivity index (χ4v) is 1.89. The lowest BCUT2D eigenvalue weighted by atomic mass is 10.2. The van der Waals surface area contributed by atoms with Crippen molar-refractivity contribution in [3.05, 3.63) is 0 Å². The first-order chi connectivity index (χ1) is 6.22. The highest BCUT2D eigenvalue weighted by molar-refractivity contribution is 6.18. The fraction of sp³-hybridized carbons (Fsp3) is 1.00. The second-order valence-corrected chi connectivity index (χ2v) is 4.42. The molecular weight excluding hydrogens is 186 g/mol. The molecule has 0 aliphatic carbocycles. The number of likely N-dealkylation sites (N-methyl/N-ethyl adjacent to an activating group) is 1. The smallest absolute Gasteiger partial charge is 0.0702 e. The normalized spacial score (nSPS) is 25.4. The van der Waals surface area contributed by atoms with Crippen molar-refractivity contribution in [2.45, 2.75) is 25.9 Å². The summed E-state index contributed by atoms with van der Waals surface area (Å²) in [5, 5.41) is 0. The lowest BCUT2D eigenvalue weighted by molar-refractivity contribution is 0.0782. The number of hydrogen-bond acceptors (Lipinski definition) is 2. The summed E-state index contributed by atoms with van der Waals surface area (Å²) in [4.78, 5) is 2.32. The molecule has 13 heavy (non-hydrogen) atoms. The van der Waals surface area contributed by atoms with Gasteiger partial charge in [-0.25, -0.2) is 0 Å². The molecule has 1 rings (SSSR count). The molecule has 78 valence electrons. The summed E-state index contributed by atoms with van der Waals surface area (Å²) in [6, 6.07) is 0. The first-order valence-electron chi connectivity index (χ1n) is 5.08. The predicted molar refractivity (Wildman–Crippen MR) is 56.4 cm³/mol. The maximum atomic E-state index is 5.75. The summed E-state index contributed by atoms with van der Waals surface area (Å²) < 4.78 is 5.56. The summed E-state index contributed by atoms with van der Waals surface area (Å²) in [6.45, 7) is 5.26. The molecule has 2 nitrogen and oxygen atoms in total. The Bertz CT molecular complexity index is 137. The van der Waals surface area contributed by atoms with Crippen LogP contribution in [0.15, 0.2) is 0 Å². The van der Waals surface area contributed by atoms with Crippen molar-refractivity contribution >= 4 is 11.6 Å². The summed E-state index contributed by atoms with van der Waals surface area (Å²) in [5.41, 5.74) is 0. The Morgan fingerprint density at radius 1 is 1.62 bits per heavy atom. The zero-order chi connectivity index (χ0) is 9.68. The number of ether oxygens (including phenoxy) is 1. The Hall–Kier alpha value is 0.210. The van der Waals surface area contributed by atoms with Crippen LogP contribution in [-0.2, 0) is 4.74 Å². The van der Waals surface area contributed by atoms with Gasteiger partial charge in [-0.2, -0.15) is 0 Å². The molecule has 1 aliphatic rings. The zero-order valence-corrected chi connectivity index (χ0v) is 9.39. The van der Waals surface area contributed by atoms with Gasteiger partial charge in [0.15, 0.2) is 0 Å². The van der Waals surface area contributed by atoms with E-state index in [-0.39, 0.29) is 0 Å². The first-order valence-corrected chi connectivity index (χ1v) is 5.62. The quantitative estimate of drug-likeness (QED) is 0.637. The van der Waals surface area contributed by atoms with Crippen LogP contribution in [0.2, 0.25) is 0 Å². The van der Waals surface area contributed by atoms with Gasteiger partial charge in [0.1, 0.15) is 0 Å². The minimum Gasteiger partial charge on any atom is -0.377 e. The van der Waals surface area contributed by atoms with E-state index in [0.717, 1.165) is 25.6 Å². The fourth-order valence-electron chi connectivity index (χ4n) is 1.79. The van der Waals surface area contributed by atoms with Gasteiger partial charge in [-0.3, -0.25) is 0 Å². The summed E-state index contributed by atoms with van der Waals surface area (Å²) in [6.07, 6.45) is 2.91. The highest BCUT2D eigenvalue weighted by Crippen LogP contribution is 2.13. The number of halogens is 1. The van der Waals surface area contributed by atoms with Crippen molar-refractivity contribution in [3.8, 4) is 0 Å². The van der Waals surface area contributed by atoms with Crippen LogP contribution in [0.3, 0.4) is 0 Å². The van der Waals surface area contributed by atoms with Gasteiger partial charge >= 0.3 is 0 Å². The van der Waals surface area contributed by atoms with Crippen LogP contribution in [0.25, 0.3) is 0 Å². The van der Waals surface area contributed by atoms with E-state index in [1.54, 1.807) is 0 Å². The molecule has 0 saturated carbocycles. The molecule has 0 bridgehead atoms. The Morgan fingerprint density at radius 3 is 2.92 bits per heavy atom. The zero-order valence-electron chi connectivity index (χ0n) is 8.63. The molecule has 1 heterocycles. The molecule has 1 saturated heterocycles. The molecule has 1 fully saturated rings. The Labute approximate surface area is 86.2 Å². The van der Waals surface area contributed by atoms with Crippen LogP contribution in [0.1, 0.15) is 19.8 Å². The van der Waals surface area contributed by atoms with Gasteiger partial charge in [0.2, 0.25) is 0 Å². The molecule has 2 atom stereocenters. The second kappa shape index (κ2) is 5.84. The summed E-state index contributed by atoms with van der Waals surface area (Å²) in [5.74, 6) is 1.32. The highest BCUT2D eigenvalue weighted by atomic mass is 35.5. The average molecular weight is 206 g/mol. The minimum atomic E-state index is 0.465. The van der Waals surface area contributed by atoms with Gasteiger partial charge in [-0.1, -0.05) is 6.92 Å². The molecule has 1 aliphatic heterocycles. The summed E-state index contributed by atoms with van der Waals surface area (Å²) >= 11 is 5.75. The van der Waals surface area contributed by atoms with Gasteiger partial charge in [-0.05, 0) is 25.8 Å². The summed E-state index contributed by atoms with van der Waals surface area (Å²) in [7, 11) is 2.14. The maximum absolute atomic E-state index is 5.75. The molecule has 2 unspecified atom stereocenters. The first kappa shape index (κ1) is 11.3. The van der Waals surface area contributed by atoms with Gasteiger partial charge in [0.25, 0.3) is 0 Å². The largest absolute Gasteiger partial charge is 0.377 e. The number of hydrogen-bond donors (Lipinski definition) is 0. The molecule has 0 radical (unpaired) electrons. The third-order valence-electron chi connectivity index (χ3n) is 2.43. The number of nitrogens with zero attached hydrogens (tertiary/aromatic N) is 1. The highest BCUT2D eigenvalue weighted by Gasteiger charge is 2.17. The molecule has 0 aromatic rings. The van der Waals surface area contributed by atoms with Gasteiger partial charge in [0, 0.05) is 25.6 Å². The lowest BCUT2D eigenvalue weighted by Gasteiger charge is -2.22. The average Bonchev–Trinajstić information content (AvgIpc) is 2.56. The number of alkyl halides is 1. The molecule has 0 aromatic heterocycles. The molecule has 0 N–H and O–H groups in total. The van der Waals surface area contributed by atoms with Gasteiger partial charge in [0.05, 0.1) is 6.10 Å². The maximum Gasteiger partial charge on any atom is 0.0702 e. The van der Waals surface area contributed by atoms with E-state index >= 15 is 0 Å². The van der Waals surface area contributed by atoms with Crippen LogP contribution >= 0.6 is 11.6 Å². The molecule has 3 heteroatoms. The van der Waals surface area contributed by atoms with Gasteiger partial charge < -0.3 is 9.64 Å². The van der Waals surface area contributed by atoms with Crippen molar-refractivity contribution in [2.75, 3.05) is 32.6 Å². The Balaban J connectivity index is 2.12. The van der Waals surface area contributed by atoms with Crippen molar-refractivity contribution in [2.24, 2.45) is 5.92 Å². The van der Waals surface area contributed by atoms with Crippen molar-refractivity contribution in [1.82, 2.24) is 4.90 Å². The topological polar surface area (TPSA) is 12.5 Å². The molecule has 0 spiro atoms. The third kappa shape index (κ3) is 4.30. The monoisotopic (exact) mass is 205 g/mol. The Morgan fingerprint density at radius 2 is 2.38 bits per heavy atom. The third-order valence-corrected chi connectivity index (χ3v) is 2.95. The van der Waals surface area contributed by atoms with Crippen molar-refractivity contribution in [3.63, 3.8) is 0 Å². The van der Waals surface area contributed by atoms with Crippen molar-refractivity contribution in [1.29, 1.82) is 0 Å². The lowest BCUT2D eigenvalue weighted by Crippen LogP contribution is -2.32. The van der Waals surface area contributed by atoms with E-state index in [1.807, 2.05) is 0 Å². The van der Waals surface area contributed by atoms with Crippen LogP contribution in [-0.4, -0.2) is 43.6 Å². The SMILES string of the molecule is CC(CCl)CN(C)CC1CCCO1. The van der Waals surface area contributed by atoms with Crippen LogP contribution in [0, 0.1) is 5.92 Å². The van der Waals surface area contributed by atoms with E-state index in [9.17, 15) is 0 Å².